The van der Waals surface area contributed by atoms with Crippen LogP contribution < -0.4 is 5.32 Å². The van der Waals surface area contributed by atoms with E-state index < -0.39 is 4.92 Å². The molecule has 1 amide bonds. The number of nitro groups is 1. The molecule has 0 aliphatic heterocycles. The molecule has 0 atom stereocenters. The predicted octanol–water partition coefficient (Wildman–Crippen LogP) is 2.01. The number of aryl methyl sites for hydroxylation is 1. The van der Waals surface area contributed by atoms with Gasteiger partial charge in [-0.05, 0) is 18.1 Å². The SMILES string of the molecule is O=C(C=Cc1cccc([N+](=O)[O-])c1)NCCCn1ccnc1. The van der Waals surface area contributed by atoms with Crippen LogP contribution in [0.3, 0.4) is 0 Å². The normalized spacial score (nSPS) is 10.7. The second-order valence-electron chi connectivity index (χ2n) is 4.63. The molecule has 0 bridgehead atoms. The standard InChI is InChI=1S/C15H16N4O3/c20-15(17-7-2-9-18-10-8-16-12-18)6-5-13-3-1-4-14(11-13)19(21)22/h1,3-6,8,10-12H,2,7,9H2,(H,17,20). The third-order valence-corrected chi connectivity index (χ3v) is 2.96. The molecule has 2 aromatic rings. The minimum absolute atomic E-state index is 0.00268. The van der Waals surface area contributed by atoms with Gasteiger partial charge in [-0.3, -0.25) is 14.9 Å². The summed E-state index contributed by atoms with van der Waals surface area (Å²) in [7, 11) is 0. The number of nitrogens with one attached hydrogen (secondary N) is 1. The minimum Gasteiger partial charge on any atom is -0.352 e. The Morgan fingerprint density at radius 1 is 1.45 bits per heavy atom. The summed E-state index contributed by atoms with van der Waals surface area (Å²) in [6.07, 6.45) is 9.02. The van der Waals surface area contributed by atoms with Crippen LogP contribution in [0.1, 0.15) is 12.0 Å². The van der Waals surface area contributed by atoms with E-state index in [9.17, 15) is 14.9 Å². The third kappa shape index (κ3) is 4.86. The lowest BCUT2D eigenvalue weighted by Crippen LogP contribution is -2.22. The van der Waals surface area contributed by atoms with Crippen molar-refractivity contribution in [2.45, 2.75) is 13.0 Å². The zero-order valence-corrected chi connectivity index (χ0v) is 11.9. The largest absolute Gasteiger partial charge is 0.352 e. The molecule has 7 heteroatoms. The first-order valence-corrected chi connectivity index (χ1v) is 6.81. The van der Waals surface area contributed by atoms with E-state index in [0.29, 0.717) is 12.1 Å². The lowest BCUT2D eigenvalue weighted by molar-refractivity contribution is -0.384. The van der Waals surface area contributed by atoms with Gasteiger partial charge in [0.15, 0.2) is 0 Å². The van der Waals surface area contributed by atoms with Gasteiger partial charge in [-0.15, -0.1) is 0 Å². The molecule has 1 N–H and O–H groups in total. The molecule has 0 saturated heterocycles. The number of amides is 1. The van der Waals surface area contributed by atoms with Crippen molar-refractivity contribution >= 4 is 17.7 Å². The number of carbonyl (C=O) groups is 1. The quantitative estimate of drug-likeness (QED) is 0.366. The van der Waals surface area contributed by atoms with Crippen LogP contribution >= 0.6 is 0 Å². The van der Waals surface area contributed by atoms with E-state index in [4.69, 9.17) is 0 Å². The van der Waals surface area contributed by atoms with E-state index in [1.165, 1.54) is 18.2 Å². The molecular formula is C15H16N4O3. The van der Waals surface area contributed by atoms with Gasteiger partial charge < -0.3 is 9.88 Å². The molecule has 0 fully saturated rings. The second-order valence-corrected chi connectivity index (χ2v) is 4.63. The molecule has 114 valence electrons. The van der Waals surface area contributed by atoms with Crippen molar-refractivity contribution in [1.29, 1.82) is 0 Å². The number of non-ortho nitro benzene ring substituents is 1. The molecule has 22 heavy (non-hydrogen) atoms. The second kappa shape index (κ2) is 7.72. The summed E-state index contributed by atoms with van der Waals surface area (Å²) in [6, 6.07) is 6.12. The van der Waals surface area contributed by atoms with Gasteiger partial charge in [-0.1, -0.05) is 12.1 Å². The van der Waals surface area contributed by atoms with Crippen LogP contribution in [-0.2, 0) is 11.3 Å². The van der Waals surface area contributed by atoms with Crippen LogP contribution in [0.4, 0.5) is 5.69 Å². The molecule has 2 rings (SSSR count). The van der Waals surface area contributed by atoms with Crippen LogP contribution in [0.5, 0.6) is 0 Å². The summed E-state index contributed by atoms with van der Waals surface area (Å²) in [5, 5.41) is 13.4. The summed E-state index contributed by atoms with van der Waals surface area (Å²) >= 11 is 0. The maximum atomic E-state index is 11.6. The van der Waals surface area contributed by atoms with Gasteiger partial charge in [-0.25, -0.2) is 4.98 Å². The molecule has 0 aliphatic carbocycles. The Morgan fingerprint density at radius 2 is 2.32 bits per heavy atom. The molecular weight excluding hydrogens is 284 g/mol. The Balaban J connectivity index is 1.76. The number of hydrogen-bond acceptors (Lipinski definition) is 4. The Morgan fingerprint density at radius 3 is 3.05 bits per heavy atom. The van der Waals surface area contributed by atoms with Crippen molar-refractivity contribution in [1.82, 2.24) is 14.9 Å². The summed E-state index contributed by atoms with van der Waals surface area (Å²) in [5.41, 5.74) is 0.616. The highest BCUT2D eigenvalue weighted by molar-refractivity contribution is 5.91. The fourth-order valence-corrected chi connectivity index (χ4v) is 1.87. The molecule has 1 aromatic heterocycles. The molecule has 0 spiro atoms. The number of carbonyl (C=O) groups excluding carboxylic acids is 1. The molecule has 0 aliphatic rings. The smallest absolute Gasteiger partial charge is 0.270 e. The highest BCUT2D eigenvalue weighted by Gasteiger charge is 2.04. The van der Waals surface area contributed by atoms with Gasteiger partial charge in [0, 0.05) is 43.7 Å². The van der Waals surface area contributed by atoms with Gasteiger partial charge in [0.25, 0.3) is 5.69 Å². The van der Waals surface area contributed by atoms with Gasteiger partial charge in [0.05, 0.1) is 11.3 Å². The summed E-state index contributed by atoms with van der Waals surface area (Å²) < 4.78 is 1.94. The van der Waals surface area contributed by atoms with E-state index in [-0.39, 0.29) is 11.6 Å². The first-order chi connectivity index (χ1) is 10.6. The van der Waals surface area contributed by atoms with Gasteiger partial charge in [-0.2, -0.15) is 0 Å². The molecule has 1 heterocycles. The van der Waals surface area contributed by atoms with Crippen molar-refractivity contribution in [3.05, 3.63) is 64.7 Å². The summed E-state index contributed by atoms with van der Waals surface area (Å²) in [5.74, 6) is -0.225. The third-order valence-electron chi connectivity index (χ3n) is 2.96. The van der Waals surface area contributed by atoms with Crippen molar-refractivity contribution in [3.63, 3.8) is 0 Å². The molecule has 0 radical (unpaired) electrons. The number of rotatable bonds is 7. The Hall–Kier alpha value is -2.96. The topological polar surface area (TPSA) is 90.1 Å². The average Bonchev–Trinajstić information content (AvgIpc) is 3.03. The van der Waals surface area contributed by atoms with Crippen molar-refractivity contribution in [2.24, 2.45) is 0 Å². The number of aromatic nitrogens is 2. The zero-order chi connectivity index (χ0) is 15.8. The molecule has 1 aromatic carbocycles. The van der Waals surface area contributed by atoms with E-state index in [2.05, 4.69) is 10.3 Å². The van der Waals surface area contributed by atoms with E-state index in [0.717, 1.165) is 13.0 Å². The van der Waals surface area contributed by atoms with Gasteiger partial charge >= 0.3 is 0 Å². The number of hydrogen-bond donors (Lipinski definition) is 1. The Labute approximate surface area is 127 Å². The maximum Gasteiger partial charge on any atom is 0.270 e. The predicted molar refractivity (Wildman–Crippen MR) is 82.0 cm³/mol. The zero-order valence-electron chi connectivity index (χ0n) is 11.9. The number of nitrogens with zero attached hydrogens (tertiary/aromatic N) is 3. The highest BCUT2D eigenvalue weighted by atomic mass is 16.6. The number of imidazole rings is 1. The monoisotopic (exact) mass is 300 g/mol. The summed E-state index contributed by atoms with van der Waals surface area (Å²) in [6.45, 7) is 1.34. The van der Waals surface area contributed by atoms with Gasteiger partial charge in [0.1, 0.15) is 0 Å². The van der Waals surface area contributed by atoms with Crippen LogP contribution in [-0.4, -0.2) is 26.9 Å². The molecule has 0 saturated carbocycles. The fourth-order valence-electron chi connectivity index (χ4n) is 1.87. The average molecular weight is 300 g/mol. The van der Waals surface area contributed by atoms with Gasteiger partial charge in [0.2, 0.25) is 5.91 Å². The number of nitro benzene ring substituents is 1. The van der Waals surface area contributed by atoms with Crippen molar-refractivity contribution in [3.8, 4) is 0 Å². The van der Waals surface area contributed by atoms with E-state index >= 15 is 0 Å². The maximum absolute atomic E-state index is 11.6. The van der Waals surface area contributed by atoms with Crippen LogP contribution in [0.15, 0.2) is 49.1 Å². The van der Waals surface area contributed by atoms with E-state index in [1.54, 1.807) is 30.7 Å². The molecule has 7 nitrogen and oxygen atoms in total. The van der Waals surface area contributed by atoms with Crippen LogP contribution in [0.25, 0.3) is 6.08 Å². The Kier molecular flexibility index (Phi) is 5.42. The minimum atomic E-state index is -0.465. The Bertz CT molecular complexity index is 665. The first-order valence-electron chi connectivity index (χ1n) is 6.81. The van der Waals surface area contributed by atoms with Crippen molar-refractivity contribution < 1.29 is 9.72 Å². The van der Waals surface area contributed by atoms with E-state index in [1.807, 2.05) is 10.8 Å². The van der Waals surface area contributed by atoms with Crippen LogP contribution in [0, 0.1) is 10.1 Å². The lowest BCUT2D eigenvalue weighted by Gasteiger charge is -2.03. The summed E-state index contributed by atoms with van der Waals surface area (Å²) in [4.78, 5) is 25.8. The first kappa shape index (κ1) is 15.4. The van der Waals surface area contributed by atoms with Crippen LogP contribution in [0.2, 0.25) is 0 Å². The van der Waals surface area contributed by atoms with Crippen molar-refractivity contribution in [2.75, 3.05) is 6.54 Å². The highest BCUT2D eigenvalue weighted by Crippen LogP contribution is 2.13. The number of benzene rings is 1. The molecule has 0 unspecified atom stereocenters. The lowest BCUT2D eigenvalue weighted by atomic mass is 10.2. The fraction of sp³-hybridized carbons (Fsp3) is 0.200.